The van der Waals surface area contributed by atoms with Crippen LogP contribution < -0.4 is 0 Å². The summed E-state index contributed by atoms with van der Waals surface area (Å²) in [5.41, 5.74) is -1.31. The lowest BCUT2D eigenvalue weighted by Crippen LogP contribution is -2.19. The zero-order valence-electron chi connectivity index (χ0n) is 10.8. The largest absolute Gasteiger partial charge is 0.293 e. The van der Waals surface area contributed by atoms with E-state index in [-0.39, 0.29) is 10.6 Å². The van der Waals surface area contributed by atoms with E-state index in [1.54, 1.807) is 19.7 Å². The van der Waals surface area contributed by atoms with Gasteiger partial charge >= 0.3 is 0 Å². The van der Waals surface area contributed by atoms with E-state index in [9.17, 15) is 19.7 Å². The highest BCUT2D eigenvalue weighted by molar-refractivity contribution is 6.33. The summed E-state index contributed by atoms with van der Waals surface area (Å²) in [7, 11) is 0. The maximum atomic E-state index is 12.2. The van der Waals surface area contributed by atoms with Gasteiger partial charge in [-0.05, 0) is 18.0 Å². The van der Waals surface area contributed by atoms with Crippen molar-refractivity contribution in [1.82, 2.24) is 0 Å². The van der Waals surface area contributed by atoms with Crippen LogP contribution in [0.25, 0.3) is 0 Å². The van der Waals surface area contributed by atoms with E-state index in [1.165, 1.54) is 6.07 Å². The molecule has 0 saturated carbocycles. The Morgan fingerprint density at radius 1 is 1.40 bits per heavy atom. The molecule has 0 aromatic heterocycles. The summed E-state index contributed by atoms with van der Waals surface area (Å²) < 4.78 is 0. The number of nitrogens with zero attached hydrogens (tertiary/aromatic N) is 1. The van der Waals surface area contributed by atoms with Crippen molar-refractivity contribution < 1.29 is 14.5 Å². The van der Waals surface area contributed by atoms with E-state index in [1.807, 2.05) is 0 Å². The van der Waals surface area contributed by atoms with Crippen LogP contribution in [0.2, 0.25) is 5.02 Å². The van der Waals surface area contributed by atoms with Crippen molar-refractivity contribution in [2.45, 2.75) is 13.8 Å². The van der Waals surface area contributed by atoms with Gasteiger partial charge in [-0.1, -0.05) is 25.4 Å². The minimum absolute atomic E-state index is 0.101. The fourth-order valence-corrected chi connectivity index (χ4v) is 1.67. The molecule has 1 aromatic carbocycles. The molecule has 0 aliphatic heterocycles. The molecular weight excluding hydrogens is 284 g/mol. The highest BCUT2D eigenvalue weighted by Gasteiger charge is 2.28. The average Bonchev–Trinajstić information content (AvgIpc) is 2.38. The highest BCUT2D eigenvalue weighted by atomic mass is 35.5. The van der Waals surface area contributed by atoms with Gasteiger partial charge in [0.15, 0.2) is 5.78 Å². The zero-order chi connectivity index (χ0) is 15.4. The van der Waals surface area contributed by atoms with Gasteiger partial charge in [-0.2, -0.15) is 0 Å². The molecule has 0 spiro atoms. The molecule has 0 atom stereocenters. The lowest BCUT2D eigenvalue weighted by atomic mass is 9.94. The summed E-state index contributed by atoms with van der Waals surface area (Å²) in [6, 6.07) is 3.49. The quantitative estimate of drug-likeness (QED) is 0.171. The van der Waals surface area contributed by atoms with Crippen LogP contribution in [-0.2, 0) is 4.79 Å². The minimum Gasteiger partial charge on any atom is -0.293 e. The molecule has 0 saturated heterocycles. The molecule has 0 aliphatic carbocycles. The third kappa shape index (κ3) is 3.17. The summed E-state index contributed by atoms with van der Waals surface area (Å²) >= 11 is 5.65. The van der Waals surface area contributed by atoms with E-state index in [0.717, 1.165) is 12.1 Å². The van der Waals surface area contributed by atoms with Crippen molar-refractivity contribution in [3.63, 3.8) is 0 Å². The van der Waals surface area contributed by atoms with Gasteiger partial charge in [0.1, 0.15) is 11.1 Å². The van der Waals surface area contributed by atoms with E-state index in [2.05, 4.69) is 0 Å². The molecule has 20 heavy (non-hydrogen) atoms. The number of nitrogens with one attached hydrogen (secondary N) is 1. The lowest BCUT2D eigenvalue weighted by Gasteiger charge is -2.06. The van der Waals surface area contributed by atoms with Gasteiger partial charge in [-0.15, -0.1) is 0 Å². The molecule has 104 valence electrons. The molecule has 0 heterocycles. The molecule has 0 amide bonds. The monoisotopic (exact) mass is 294 g/mol. The summed E-state index contributed by atoms with van der Waals surface area (Å²) in [5, 5.41) is 18.1. The third-order valence-corrected chi connectivity index (χ3v) is 2.76. The van der Waals surface area contributed by atoms with Crippen molar-refractivity contribution in [2.24, 2.45) is 5.92 Å². The molecular formula is C13H11ClN2O4. The molecule has 0 unspecified atom stereocenters. The van der Waals surface area contributed by atoms with Gasteiger partial charge in [0.05, 0.1) is 4.92 Å². The summed E-state index contributed by atoms with van der Waals surface area (Å²) in [6.07, 6.45) is 0. The SMILES string of the molecule is CC(C)C(=O)C(=C=N)C(=O)c1ccc(Cl)cc1[N+](=O)[O-]. The van der Waals surface area contributed by atoms with Crippen LogP contribution in [0.15, 0.2) is 23.8 Å². The number of nitro benzene ring substituents is 1. The minimum atomic E-state index is -0.901. The van der Waals surface area contributed by atoms with Gasteiger partial charge in [0, 0.05) is 17.0 Å². The third-order valence-electron chi connectivity index (χ3n) is 2.52. The second kappa shape index (κ2) is 6.23. The number of allylic oxidation sites excluding steroid dienone is 1. The second-order valence-corrected chi connectivity index (χ2v) is 4.70. The Kier molecular flexibility index (Phi) is 4.91. The van der Waals surface area contributed by atoms with Crippen LogP contribution in [0.4, 0.5) is 5.69 Å². The van der Waals surface area contributed by atoms with Crippen molar-refractivity contribution in [2.75, 3.05) is 0 Å². The van der Waals surface area contributed by atoms with Crippen LogP contribution >= 0.6 is 11.6 Å². The maximum Gasteiger partial charge on any atom is 0.282 e. The molecule has 1 N–H and O–H groups in total. The Balaban J connectivity index is 3.38. The number of nitro groups is 1. The van der Waals surface area contributed by atoms with Crippen LogP contribution in [0.3, 0.4) is 0 Å². The Morgan fingerprint density at radius 3 is 2.45 bits per heavy atom. The average molecular weight is 295 g/mol. The van der Waals surface area contributed by atoms with E-state index in [0.29, 0.717) is 0 Å². The first-order chi connectivity index (χ1) is 9.29. The topological polar surface area (TPSA) is 101 Å². The van der Waals surface area contributed by atoms with E-state index in [4.69, 9.17) is 17.0 Å². The van der Waals surface area contributed by atoms with Gasteiger partial charge in [0.2, 0.25) is 5.78 Å². The summed E-state index contributed by atoms with van der Waals surface area (Å²) in [5.74, 6) is -0.231. The molecule has 6 nitrogen and oxygen atoms in total. The van der Waals surface area contributed by atoms with Crippen LogP contribution in [0, 0.1) is 21.4 Å². The van der Waals surface area contributed by atoms with Gasteiger partial charge in [-0.25, -0.2) is 0 Å². The molecule has 0 radical (unpaired) electrons. The number of carbonyl (C=O) groups is 2. The Labute approximate surface area is 119 Å². The number of hydrogen-bond donors (Lipinski definition) is 1. The van der Waals surface area contributed by atoms with Gasteiger partial charge in [0.25, 0.3) is 5.69 Å². The van der Waals surface area contributed by atoms with Gasteiger partial charge < -0.3 is 0 Å². The molecule has 0 aliphatic rings. The zero-order valence-corrected chi connectivity index (χ0v) is 11.5. The predicted molar refractivity (Wildman–Crippen MR) is 73.5 cm³/mol. The van der Waals surface area contributed by atoms with Crippen molar-refractivity contribution in [1.29, 1.82) is 5.41 Å². The van der Waals surface area contributed by atoms with Gasteiger partial charge in [-0.3, -0.25) is 25.1 Å². The summed E-state index contributed by atoms with van der Waals surface area (Å²) in [4.78, 5) is 34.1. The summed E-state index contributed by atoms with van der Waals surface area (Å²) in [6.45, 7) is 3.12. The number of benzene rings is 1. The van der Waals surface area contributed by atoms with E-state index >= 15 is 0 Å². The van der Waals surface area contributed by atoms with Crippen LogP contribution in [0.5, 0.6) is 0 Å². The number of ketones is 2. The first-order valence-corrected chi connectivity index (χ1v) is 6.00. The Hall–Kier alpha value is -2.30. The normalized spacial score (nSPS) is 10.0. The molecule has 0 fully saturated rings. The van der Waals surface area contributed by atoms with Crippen molar-refractivity contribution >= 4 is 34.7 Å². The van der Waals surface area contributed by atoms with Crippen LogP contribution in [0.1, 0.15) is 24.2 Å². The number of hydrogen-bond acceptors (Lipinski definition) is 5. The number of halogens is 1. The Morgan fingerprint density at radius 2 is 2.00 bits per heavy atom. The van der Waals surface area contributed by atoms with E-state index < -0.39 is 33.7 Å². The Bertz CT molecular complexity index is 646. The fraction of sp³-hybridized carbons (Fsp3) is 0.231. The molecule has 7 heteroatoms. The molecule has 1 aromatic rings. The smallest absolute Gasteiger partial charge is 0.282 e. The molecule has 1 rings (SSSR count). The standard InChI is InChI=1S/C13H11ClN2O4/c1-7(2)12(17)10(6-15)13(18)9-4-3-8(14)5-11(9)16(19)20/h3-5,7,15H,1-2H3. The lowest BCUT2D eigenvalue weighted by molar-refractivity contribution is -0.385. The molecule has 0 bridgehead atoms. The number of rotatable bonds is 5. The fourth-order valence-electron chi connectivity index (χ4n) is 1.50. The highest BCUT2D eigenvalue weighted by Crippen LogP contribution is 2.25. The first kappa shape index (κ1) is 15.8. The van der Waals surface area contributed by atoms with Crippen molar-refractivity contribution in [3.05, 3.63) is 44.5 Å². The second-order valence-electron chi connectivity index (χ2n) is 4.27. The number of Topliss-reactive ketones (excluding diaryl/α,β-unsaturated/α-hetero) is 2. The van der Waals surface area contributed by atoms with Crippen molar-refractivity contribution in [3.8, 4) is 0 Å². The first-order valence-electron chi connectivity index (χ1n) is 5.62. The maximum absolute atomic E-state index is 12.2. The number of carbonyl (C=O) groups excluding carboxylic acids is 2. The predicted octanol–water partition coefficient (Wildman–Crippen LogP) is 2.83. The van der Waals surface area contributed by atoms with Crippen LogP contribution in [-0.4, -0.2) is 22.4 Å².